The minimum Gasteiger partial charge on any atom is -0.354 e. The first-order valence-corrected chi connectivity index (χ1v) is 15.8. The van der Waals surface area contributed by atoms with Gasteiger partial charge in [0.2, 0.25) is 21.8 Å². The number of carbonyl (C=O) groups is 2. The summed E-state index contributed by atoms with van der Waals surface area (Å²) in [5.41, 5.74) is 1.70. The number of carbonyl (C=O) groups excluding carboxylic acids is 2. The van der Waals surface area contributed by atoms with Gasteiger partial charge in [-0.25, -0.2) is 12.8 Å². The molecule has 3 aromatic rings. The zero-order valence-electron chi connectivity index (χ0n) is 22.7. The number of sulfonamides is 1. The molecule has 3 aromatic carbocycles. The maximum absolute atomic E-state index is 14.4. The second-order valence-electron chi connectivity index (χ2n) is 9.53. The Morgan fingerprint density at radius 1 is 0.950 bits per heavy atom. The summed E-state index contributed by atoms with van der Waals surface area (Å²) in [6.45, 7) is 2.56. The van der Waals surface area contributed by atoms with Crippen molar-refractivity contribution in [3.63, 3.8) is 0 Å². The second-order valence-corrected chi connectivity index (χ2v) is 12.4. The summed E-state index contributed by atoms with van der Waals surface area (Å²) in [7, 11) is -3.79. The van der Waals surface area contributed by atoms with Crippen LogP contribution in [0.2, 0.25) is 0 Å². The first-order valence-electron chi connectivity index (χ1n) is 13.2. The van der Waals surface area contributed by atoms with E-state index in [-0.39, 0.29) is 43.4 Å². The van der Waals surface area contributed by atoms with E-state index in [2.05, 4.69) is 21.2 Å². The van der Waals surface area contributed by atoms with Crippen molar-refractivity contribution >= 4 is 43.5 Å². The topological polar surface area (TPSA) is 86.8 Å². The molecule has 0 aromatic heterocycles. The van der Waals surface area contributed by atoms with Gasteiger partial charge in [0.1, 0.15) is 11.9 Å². The fourth-order valence-electron chi connectivity index (χ4n) is 4.34. The van der Waals surface area contributed by atoms with Crippen molar-refractivity contribution in [1.29, 1.82) is 0 Å². The van der Waals surface area contributed by atoms with Gasteiger partial charge in [-0.3, -0.25) is 13.9 Å². The average molecular weight is 633 g/mol. The summed E-state index contributed by atoms with van der Waals surface area (Å²) in [5, 5.41) is 2.94. The Morgan fingerprint density at radius 2 is 1.60 bits per heavy atom. The van der Waals surface area contributed by atoms with E-state index >= 15 is 0 Å². The van der Waals surface area contributed by atoms with Gasteiger partial charge in [-0.1, -0.05) is 77.5 Å². The number of hydrogen-bond acceptors (Lipinski definition) is 4. The zero-order chi connectivity index (χ0) is 29.1. The molecule has 7 nitrogen and oxygen atoms in total. The van der Waals surface area contributed by atoms with Crippen LogP contribution in [0.5, 0.6) is 0 Å². The van der Waals surface area contributed by atoms with Crippen LogP contribution in [0.3, 0.4) is 0 Å². The summed E-state index contributed by atoms with van der Waals surface area (Å²) in [4.78, 5) is 28.7. The lowest BCUT2D eigenvalue weighted by molar-refractivity contribution is -0.141. The van der Waals surface area contributed by atoms with Crippen LogP contribution in [0.15, 0.2) is 83.3 Å². The summed E-state index contributed by atoms with van der Waals surface area (Å²) in [5.74, 6) is -1.20. The lowest BCUT2D eigenvalue weighted by atomic mass is 10.0. The number of rotatable bonds is 14. The number of nitrogens with one attached hydrogen (secondary N) is 1. The molecule has 0 heterocycles. The molecule has 1 atom stereocenters. The maximum atomic E-state index is 14.4. The van der Waals surface area contributed by atoms with Crippen molar-refractivity contribution < 1.29 is 22.4 Å². The van der Waals surface area contributed by atoms with Crippen LogP contribution in [-0.2, 0) is 32.6 Å². The number of amides is 2. The largest absolute Gasteiger partial charge is 0.354 e. The third-order valence-corrected chi connectivity index (χ3v) is 8.07. The van der Waals surface area contributed by atoms with Crippen molar-refractivity contribution in [2.75, 3.05) is 23.7 Å². The Morgan fingerprint density at radius 3 is 2.23 bits per heavy atom. The van der Waals surface area contributed by atoms with Crippen LogP contribution in [0, 0.1) is 5.82 Å². The summed E-state index contributed by atoms with van der Waals surface area (Å²) in [6, 6.07) is 21.9. The van der Waals surface area contributed by atoms with Gasteiger partial charge in [0.15, 0.2) is 0 Å². The summed E-state index contributed by atoms with van der Waals surface area (Å²) in [6.07, 6.45) is 2.20. The molecular weight excluding hydrogens is 597 g/mol. The van der Waals surface area contributed by atoms with Gasteiger partial charge in [-0.2, -0.15) is 0 Å². The monoisotopic (exact) mass is 631 g/mol. The fraction of sp³-hybridized carbons (Fsp3) is 0.333. The zero-order valence-corrected chi connectivity index (χ0v) is 25.1. The molecule has 0 aliphatic heterocycles. The standard InChI is InChI=1S/C30H35BrFN3O4S/c1-3-19-33-30(37)28(21-23-10-5-4-6-11-23)34(22-24-15-17-25(31)18-16-24)29(36)14-9-20-35(40(2,38)39)27-13-8-7-12-26(27)32/h4-8,10-13,15-18,28H,3,9,14,19-22H2,1-2H3,(H,33,37). The quantitative estimate of drug-likeness (QED) is 0.262. The molecule has 1 unspecified atom stereocenters. The maximum Gasteiger partial charge on any atom is 0.243 e. The Kier molecular flexibility index (Phi) is 11.7. The molecule has 0 saturated heterocycles. The average Bonchev–Trinajstić information content (AvgIpc) is 2.93. The van der Waals surface area contributed by atoms with Gasteiger partial charge in [0, 0.05) is 36.9 Å². The first-order chi connectivity index (χ1) is 19.1. The van der Waals surface area contributed by atoms with Gasteiger partial charge in [-0.15, -0.1) is 0 Å². The molecule has 214 valence electrons. The molecule has 0 aliphatic rings. The third kappa shape index (κ3) is 9.16. The van der Waals surface area contributed by atoms with Gasteiger partial charge >= 0.3 is 0 Å². The van der Waals surface area contributed by atoms with Crippen LogP contribution in [0.1, 0.15) is 37.3 Å². The molecular formula is C30H35BrFN3O4S. The van der Waals surface area contributed by atoms with E-state index in [0.717, 1.165) is 32.6 Å². The Hall–Kier alpha value is -3.24. The fourth-order valence-corrected chi connectivity index (χ4v) is 5.57. The van der Waals surface area contributed by atoms with E-state index < -0.39 is 21.9 Å². The van der Waals surface area contributed by atoms with Gasteiger partial charge in [-0.05, 0) is 48.2 Å². The summed E-state index contributed by atoms with van der Waals surface area (Å²) >= 11 is 3.43. The highest BCUT2D eigenvalue weighted by atomic mass is 79.9. The Balaban J connectivity index is 1.87. The van der Waals surface area contributed by atoms with Crippen LogP contribution in [-0.4, -0.2) is 50.5 Å². The SMILES string of the molecule is CCCNC(=O)C(Cc1ccccc1)N(Cc1ccc(Br)cc1)C(=O)CCCN(c1ccccc1F)S(C)(=O)=O. The van der Waals surface area contributed by atoms with Crippen LogP contribution >= 0.6 is 15.9 Å². The number of para-hydroxylation sites is 1. The molecule has 0 fully saturated rings. The van der Waals surface area contributed by atoms with Crippen LogP contribution in [0.4, 0.5) is 10.1 Å². The second kappa shape index (κ2) is 14.9. The van der Waals surface area contributed by atoms with Gasteiger partial charge in [0.25, 0.3) is 0 Å². The smallest absolute Gasteiger partial charge is 0.243 e. The Bertz CT molecular complexity index is 1370. The molecule has 0 radical (unpaired) electrons. The van der Waals surface area contributed by atoms with Crippen molar-refractivity contribution in [3.8, 4) is 0 Å². The summed E-state index contributed by atoms with van der Waals surface area (Å²) < 4.78 is 41.2. The van der Waals surface area contributed by atoms with Gasteiger partial charge < -0.3 is 10.2 Å². The number of anilines is 1. The highest BCUT2D eigenvalue weighted by molar-refractivity contribution is 9.10. The van der Waals surface area contributed by atoms with E-state index in [9.17, 15) is 22.4 Å². The van der Waals surface area contributed by atoms with Crippen molar-refractivity contribution in [3.05, 3.63) is 100 Å². The van der Waals surface area contributed by atoms with E-state index in [0.29, 0.717) is 13.0 Å². The van der Waals surface area contributed by atoms with Crippen molar-refractivity contribution in [2.24, 2.45) is 0 Å². The molecule has 0 aliphatic carbocycles. The van der Waals surface area contributed by atoms with E-state index in [1.54, 1.807) is 11.0 Å². The molecule has 0 saturated carbocycles. The van der Waals surface area contributed by atoms with E-state index in [1.807, 2.05) is 61.5 Å². The minimum absolute atomic E-state index is 0.0245. The molecule has 1 N–H and O–H groups in total. The lowest BCUT2D eigenvalue weighted by Gasteiger charge is -2.32. The number of halogens is 2. The predicted octanol–water partition coefficient (Wildman–Crippen LogP) is 5.30. The molecule has 3 rings (SSSR count). The predicted molar refractivity (Wildman–Crippen MR) is 160 cm³/mol. The number of benzene rings is 3. The molecule has 10 heteroatoms. The lowest BCUT2D eigenvalue weighted by Crippen LogP contribution is -2.50. The number of hydrogen-bond donors (Lipinski definition) is 1. The highest BCUT2D eigenvalue weighted by Crippen LogP contribution is 2.23. The molecule has 2 amide bonds. The molecule has 0 bridgehead atoms. The van der Waals surface area contributed by atoms with E-state index in [4.69, 9.17) is 0 Å². The molecule has 0 spiro atoms. The third-order valence-electron chi connectivity index (χ3n) is 6.36. The number of nitrogens with zero attached hydrogens (tertiary/aromatic N) is 2. The molecule has 40 heavy (non-hydrogen) atoms. The van der Waals surface area contributed by atoms with Crippen LogP contribution in [0.25, 0.3) is 0 Å². The first kappa shape index (κ1) is 31.3. The normalized spacial score (nSPS) is 12.0. The van der Waals surface area contributed by atoms with Crippen molar-refractivity contribution in [1.82, 2.24) is 10.2 Å². The highest BCUT2D eigenvalue weighted by Gasteiger charge is 2.30. The minimum atomic E-state index is -3.79. The van der Waals surface area contributed by atoms with Crippen LogP contribution < -0.4 is 9.62 Å². The van der Waals surface area contributed by atoms with Crippen molar-refractivity contribution in [2.45, 2.75) is 45.2 Å². The van der Waals surface area contributed by atoms with E-state index in [1.165, 1.54) is 18.2 Å². The van der Waals surface area contributed by atoms with Gasteiger partial charge in [0.05, 0.1) is 11.9 Å². The Labute approximate surface area is 244 Å².